The van der Waals surface area contributed by atoms with Crippen LogP contribution in [0.4, 0.5) is 0 Å². The van der Waals surface area contributed by atoms with Crippen molar-refractivity contribution in [2.45, 2.75) is 6.92 Å². The van der Waals surface area contributed by atoms with Gasteiger partial charge in [0.05, 0.1) is 5.56 Å². The van der Waals surface area contributed by atoms with Crippen LogP contribution in [0.2, 0.25) is 0 Å². The van der Waals surface area contributed by atoms with Crippen molar-refractivity contribution in [1.82, 2.24) is 0 Å². The van der Waals surface area contributed by atoms with Gasteiger partial charge in [0.1, 0.15) is 5.58 Å². The van der Waals surface area contributed by atoms with Crippen LogP contribution in [0.3, 0.4) is 0 Å². The van der Waals surface area contributed by atoms with Crippen LogP contribution in [0.5, 0.6) is 0 Å². The van der Waals surface area contributed by atoms with Crippen LogP contribution < -0.4 is 5.63 Å². The summed E-state index contributed by atoms with van der Waals surface area (Å²) in [6, 6.07) is 6.85. The SMILES string of the molecule is CC#Cc1ccc2cc(/C=C/C(=O)O)c(=O)oc2c1. The summed E-state index contributed by atoms with van der Waals surface area (Å²) in [5, 5.41) is 9.25. The Morgan fingerprint density at radius 2 is 2.16 bits per heavy atom. The van der Waals surface area contributed by atoms with Crippen LogP contribution in [-0.4, -0.2) is 11.1 Å². The summed E-state index contributed by atoms with van der Waals surface area (Å²) in [5.74, 6) is 4.51. The quantitative estimate of drug-likeness (QED) is 0.507. The van der Waals surface area contributed by atoms with Crippen LogP contribution in [0.25, 0.3) is 17.0 Å². The first-order chi connectivity index (χ1) is 9.10. The molecule has 2 rings (SSSR count). The Hall–Kier alpha value is -2.80. The van der Waals surface area contributed by atoms with E-state index in [0.717, 1.165) is 11.6 Å². The Morgan fingerprint density at radius 1 is 1.37 bits per heavy atom. The van der Waals surface area contributed by atoms with E-state index in [2.05, 4.69) is 11.8 Å². The molecule has 0 saturated carbocycles. The summed E-state index contributed by atoms with van der Waals surface area (Å²) in [7, 11) is 0. The average Bonchev–Trinajstić information content (AvgIpc) is 2.36. The van der Waals surface area contributed by atoms with Gasteiger partial charge in [-0.05, 0) is 37.3 Å². The predicted octanol–water partition coefficient (Wildman–Crippen LogP) is 2.26. The third-order valence-corrected chi connectivity index (χ3v) is 2.44. The number of rotatable bonds is 2. The van der Waals surface area contributed by atoms with Gasteiger partial charge in [-0.15, -0.1) is 5.92 Å². The fourth-order valence-corrected chi connectivity index (χ4v) is 1.63. The zero-order chi connectivity index (χ0) is 13.8. The molecule has 4 nitrogen and oxygen atoms in total. The lowest BCUT2D eigenvalue weighted by Gasteiger charge is -1.99. The standard InChI is InChI=1S/C15H10O4/c1-2-3-10-4-5-11-9-12(6-7-14(16)17)15(18)19-13(11)8-10/h4-9H,1H3,(H,16,17)/b7-6+. The van der Waals surface area contributed by atoms with Crippen LogP contribution in [0, 0.1) is 11.8 Å². The summed E-state index contributed by atoms with van der Waals surface area (Å²) < 4.78 is 5.14. The number of hydrogen-bond donors (Lipinski definition) is 1. The highest BCUT2D eigenvalue weighted by molar-refractivity contribution is 5.86. The monoisotopic (exact) mass is 254 g/mol. The normalized spacial score (nSPS) is 10.4. The van der Waals surface area contributed by atoms with Crippen molar-refractivity contribution in [2.75, 3.05) is 0 Å². The lowest BCUT2D eigenvalue weighted by molar-refractivity contribution is -0.131. The van der Waals surface area contributed by atoms with E-state index < -0.39 is 11.6 Å². The molecule has 0 saturated heterocycles. The minimum Gasteiger partial charge on any atom is -0.478 e. The van der Waals surface area contributed by atoms with Gasteiger partial charge in [-0.3, -0.25) is 0 Å². The van der Waals surface area contributed by atoms with Gasteiger partial charge in [0.15, 0.2) is 0 Å². The third-order valence-electron chi connectivity index (χ3n) is 2.44. The lowest BCUT2D eigenvalue weighted by atomic mass is 10.1. The van der Waals surface area contributed by atoms with Crippen molar-refractivity contribution >= 4 is 23.0 Å². The largest absolute Gasteiger partial charge is 0.478 e. The zero-order valence-electron chi connectivity index (χ0n) is 10.1. The summed E-state index contributed by atoms with van der Waals surface area (Å²) in [5.41, 5.74) is 0.806. The number of carboxylic acids is 1. The highest BCUT2D eigenvalue weighted by atomic mass is 16.4. The van der Waals surface area contributed by atoms with E-state index >= 15 is 0 Å². The zero-order valence-corrected chi connectivity index (χ0v) is 10.1. The van der Waals surface area contributed by atoms with Crippen molar-refractivity contribution in [3.05, 3.63) is 51.9 Å². The van der Waals surface area contributed by atoms with E-state index in [1.807, 2.05) is 6.07 Å². The van der Waals surface area contributed by atoms with E-state index in [-0.39, 0.29) is 5.56 Å². The number of hydrogen-bond acceptors (Lipinski definition) is 3. The Morgan fingerprint density at radius 3 is 2.84 bits per heavy atom. The maximum absolute atomic E-state index is 11.7. The fraction of sp³-hybridized carbons (Fsp3) is 0.0667. The molecule has 0 aliphatic rings. The second-order valence-corrected chi connectivity index (χ2v) is 3.79. The van der Waals surface area contributed by atoms with Gasteiger partial charge >= 0.3 is 11.6 Å². The molecule has 2 aromatic rings. The molecule has 0 unspecified atom stereocenters. The third kappa shape index (κ3) is 2.90. The summed E-state index contributed by atoms with van der Waals surface area (Å²) in [6.45, 7) is 1.72. The molecule has 0 spiro atoms. The van der Waals surface area contributed by atoms with Gasteiger partial charge in [0.2, 0.25) is 0 Å². The van der Waals surface area contributed by atoms with Gasteiger partial charge in [-0.25, -0.2) is 9.59 Å². The molecule has 1 heterocycles. The van der Waals surface area contributed by atoms with Gasteiger partial charge in [0, 0.05) is 17.0 Å². The molecule has 0 atom stereocenters. The predicted molar refractivity (Wildman–Crippen MR) is 71.7 cm³/mol. The molecule has 94 valence electrons. The van der Waals surface area contributed by atoms with Crippen molar-refractivity contribution in [3.63, 3.8) is 0 Å². The first-order valence-corrected chi connectivity index (χ1v) is 5.52. The molecule has 1 N–H and O–H groups in total. The second-order valence-electron chi connectivity index (χ2n) is 3.79. The molecule has 1 aromatic heterocycles. The number of fused-ring (bicyclic) bond motifs is 1. The minimum absolute atomic E-state index is 0.198. The number of carbonyl (C=O) groups is 1. The maximum Gasteiger partial charge on any atom is 0.343 e. The minimum atomic E-state index is -1.12. The van der Waals surface area contributed by atoms with E-state index in [9.17, 15) is 9.59 Å². The van der Waals surface area contributed by atoms with Crippen molar-refractivity contribution in [2.24, 2.45) is 0 Å². The summed E-state index contributed by atoms with van der Waals surface area (Å²) >= 11 is 0. The topological polar surface area (TPSA) is 67.5 Å². The average molecular weight is 254 g/mol. The highest BCUT2D eigenvalue weighted by Crippen LogP contribution is 2.15. The van der Waals surface area contributed by atoms with E-state index in [4.69, 9.17) is 9.52 Å². The lowest BCUT2D eigenvalue weighted by Crippen LogP contribution is -2.03. The summed E-state index contributed by atoms with van der Waals surface area (Å²) in [6.07, 6.45) is 2.11. The van der Waals surface area contributed by atoms with Crippen molar-refractivity contribution in [3.8, 4) is 11.8 Å². The van der Waals surface area contributed by atoms with Crippen LogP contribution in [0.1, 0.15) is 18.1 Å². The molecule has 0 fully saturated rings. The van der Waals surface area contributed by atoms with Crippen molar-refractivity contribution < 1.29 is 14.3 Å². The van der Waals surface area contributed by atoms with Crippen LogP contribution >= 0.6 is 0 Å². The van der Waals surface area contributed by atoms with E-state index in [1.54, 1.807) is 25.1 Å². The first-order valence-electron chi connectivity index (χ1n) is 5.52. The molecular formula is C15H10O4. The summed E-state index contributed by atoms with van der Waals surface area (Å²) in [4.78, 5) is 22.1. The number of carboxylic acid groups (broad SMARTS) is 1. The molecule has 19 heavy (non-hydrogen) atoms. The first kappa shape index (κ1) is 12.7. The Kier molecular flexibility index (Phi) is 3.48. The second kappa shape index (κ2) is 5.23. The van der Waals surface area contributed by atoms with E-state index in [0.29, 0.717) is 11.0 Å². The number of benzene rings is 1. The van der Waals surface area contributed by atoms with Crippen LogP contribution in [0.15, 0.2) is 39.6 Å². The number of aliphatic carboxylic acids is 1. The maximum atomic E-state index is 11.7. The van der Waals surface area contributed by atoms with Crippen LogP contribution in [-0.2, 0) is 4.79 Å². The van der Waals surface area contributed by atoms with Gasteiger partial charge in [-0.1, -0.05) is 5.92 Å². The Labute approximate surface area is 109 Å². The molecule has 0 radical (unpaired) electrons. The Bertz CT molecular complexity index is 785. The molecule has 0 bridgehead atoms. The van der Waals surface area contributed by atoms with E-state index in [1.165, 1.54) is 6.08 Å². The molecular weight excluding hydrogens is 244 g/mol. The van der Waals surface area contributed by atoms with Gasteiger partial charge < -0.3 is 9.52 Å². The molecule has 4 heteroatoms. The highest BCUT2D eigenvalue weighted by Gasteiger charge is 2.03. The van der Waals surface area contributed by atoms with Gasteiger partial charge in [0.25, 0.3) is 0 Å². The van der Waals surface area contributed by atoms with Gasteiger partial charge in [-0.2, -0.15) is 0 Å². The van der Waals surface area contributed by atoms with Crippen molar-refractivity contribution in [1.29, 1.82) is 0 Å². The molecule has 0 amide bonds. The smallest absolute Gasteiger partial charge is 0.343 e. The molecule has 0 aliphatic carbocycles. The molecule has 0 aliphatic heterocycles. The Balaban J connectivity index is 2.57. The fourth-order valence-electron chi connectivity index (χ4n) is 1.63. The molecule has 1 aromatic carbocycles.